The number of carbonyl (C=O) groups excluding carboxylic acids is 4. The van der Waals surface area contributed by atoms with Crippen molar-refractivity contribution in [2.45, 2.75) is 127 Å². The largest absolute Gasteiger partial charge is 0.464 e. The molecule has 0 bridgehead atoms. The number of esters is 1. The number of fused-ring (bicyclic) bond motifs is 2. The molecule has 61 heavy (non-hydrogen) atoms. The first-order valence-corrected chi connectivity index (χ1v) is 23.9. The first-order chi connectivity index (χ1) is 29.1. The number of benzene rings is 2. The molecule has 2 N–H and O–H groups in total. The molecule has 1 aliphatic carbocycles. The van der Waals surface area contributed by atoms with Crippen molar-refractivity contribution in [2.75, 3.05) is 13.2 Å². The molecule has 8 rings (SSSR count). The Balaban J connectivity index is 0.976. The number of nitrogens with zero attached hydrogens (tertiary/aromatic N) is 3. The lowest BCUT2D eigenvalue weighted by atomic mass is 9.97. The number of likely N-dealkylation sites (tertiary alicyclic amines) is 1. The van der Waals surface area contributed by atoms with Crippen LogP contribution >= 0.6 is 18.9 Å². The summed E-state index contributed by atoms with van der Waals surface area (Å²) in [5.74, 6) is -3.16. The molecule has 3 saturated heterocycles. The van der Waals surface area contributed by atoms with Crippen LogP contribution in [0.25, 0.3) is 10.1 Å². The number of nitrogens with one attached hydrogen (secondary N) is 2. The highest BCUT2D eigenvalue weighted by atomic mass is 32.1. The number of thiophene rings is 1. The van der Waals surface area contributed by atoms with Crippen LogP contribution in [0.1, 0.15) is 118 Å². The predicted molar refractivity (Wildman–Crippen MR) is 232 cm³/mol. The summed E-state index contributed by atoms with van der Waals surface area (Å²) in [7, 11) is -4.47. The second-order valence-electron chi connectivity index (χ2n) is 18.4. The van der Waals surface area contributed by atoms with Gasteiger partial charge in [0, 0.05) is 41.1 Å². The molecule has 5 heterocycles. The molecule has 7 atom stereocenters. The number of carbonyl (C=O) groups is 4. The van der Waals surface area contributed by atoms with Gasteiger partial charge in [0.05, 0.1) is 11.5 Å². The van der Waals surface area contributed by atoms with Gasteiger partial charge < -0.3 is 24.4 Å². The Hall–Kier alpha value is -4.65. The van der Waals surface area contributed by atoms with Crippen molar-refractivity contribution in [1.29, 1.82) is 0 Å². The number of alkyl halides is 1. The van der Waals surface area contributed by atoms with Crippen LogP contribution in [0, 0.1) is 5.41 Å². The molecule has 1 saturated carbocycles. The Bertz CT molecular complexity index is 2320. The van der Waals surface area contributed by atoms with E-state index in [9.17, 15) is 23.7 Å². The van der Waals surface area contributed by atoms with E-state index in [-0.39, 0.29) is 52.6 Å². The maximum atomic E-state index is 16.7. The van der Waals surface area contributed by atoms with Crippen molar-refractivity contribution in [3.05, 3.63) is 95.1 Å². The lowest BCUT2D eigenvalue weighted by molar-refractivity contribution is -0.148. The van der Waals surface area contributed by atoms with E-state index in [1.807, 2.05) is 33.0 Å². The maximum Gasteiger partial charge on any atom is 0.355 e. The topological polar surface area (TPSA) is 147 Å². The van der Waals surface area contributed by atoms with Crippen LogP contribution < -0.4 is 14.9 Å². The summed E-state index contributed by atoms with van der Waals surface area (Å²) in [6, 6.07) is 15.9. The van der Waals surface area contributed by atoms with Crippen molar-refractivity contribution < 1.29 is 37.4 Å². The van der Waals surface area contributed by atoms with E-state index in [2.05, 4.69) is 26.4 Å². The Morgan fingerprint density at radius 3 is 2.51 bits per heavy atom. The molecule has 1 spiro atoms. The molecule has 4 aliphatic rings. The fourth-order valence-corrected chi connectivity index (χ4v) is 12.0. The average Bonchev–Trinajstić information content (AvgIpc) is 3.53. The summed E-state index contributed by atoms with van der Waals surface area (Å²) in [4.78, 5) is 64.3. The van der Waals surface area contributed by atoms with E-state index >= 15 is 4.39 Å². The minimum atomic E-state index is -4.47. The van der Waals surface area contributed by atoms with Gasteiger partial charge in [-0.1, -0.05) is 63.9 Å². The molecule has 0 radical (unpaired) electrons. The second-order valence-corrected chi connectivity index (χ2v) is 21.6. The van der Waals surface area contributed by atoms with Gasteiger partial charge in [-0.2, -0.15) is 0 Å². The van der Waals surface area contributed by atoms with Gasteiger partial charge in [0.2, 0.25) is 17.7 Å². The zero-order chi connectivity index (χ0) is 43.1. The van der Waals surface area contributed by atoms with Crippen LogP contribution in [0.4, 0.5) is 4.39 Å². The third-order valence-electron chi connectivity index (χ3n) is 12.5. The molecule has 4 aromatic rings. The predicted octanol–water partition coefficient (Wildman–Crippen LogP) is 8.68. The number of ether oxygens (including phenoxy) is 1. The maximum absolute atomic E-state index is 16.7. The Kier molecular flexibility index (Phi) is 12.2. The number of amides is 3. The Labute approximate surface area is 360 Å². The molecule has 1 unspecified atom stereocenters. The minimum absolute atomic E-state index is 0.0145. The van der Waals surface area contributed by atoms with E-state index in [1.54, 1.807) is 53.6 Å². The normalized spacial score (nSPS) is 24.3. The Morgan fingerprint density at radius 2 is 1.79 bits per heavy atom. The molecule has 2 aromatic heterocycles. The van der Waals surface area contributed by atoms with Crippen LogP contribution in [-0.2, 0) is 23.7 Å². The van der Waals surface area contributed by atoms with E-state index in [0.717, 1.165) is 50.5 Å². The standard InChI is InChI=1S/C46H55FN5O7PS/c1-29(44(56)58-28-45(2,3)4)50-60(57,59-35-13-6-5-7-14-35)40(47)30-16-19-38-32(23-30)24-39(61-38)41(53)49-36-15-9-8-12-34-17-18-37(52(34)42(36)54)43(55)51-27-33(25-46(51)20-21-46)31-11-10-22-48-26-31/h5-7,10-11,13-14,16,19,22-24,26,29,33-34,36-37,40H,8-9,12,15,17-18,20-21,25,27-28H2,1-4H3,(H,49,53)(H,50,57)/t29-,33-,34-,36-,37-,40+,60?/m0/s1. The molecule has 4 fully saturated rings. The van der Waals surface area contributed by atoms with E-state index in [1.165, 1.54) is 30.4 Å². The molecule has 2 aromatic carbocycles. The summed E-state index contributed by atoms with van der Waals surface area (Å²) in [5, 5.41) is 6.17. The van der Waals surface area contributed by atoms with Gasteiger partial charge in [-0.05, 0) is 110 Å². The third-order valence-corrected chi connectivity index (χ3v) is 15.7. The van der Waals surface area contributed by atoms with Gasteiger partial charge >= 0.3 is 13.5 Å². The Morgan fingerprint density at radius 1 is 1.02 bits per heavy atom. The first-order valence-electron chi connectivity index (χ1n) is 21.4. The minimum Gasteiger partial charge on any atom is -0.464 e. The van der Waals surface area contributed by atoms with Crippen LogP contribution in [0.3, 0.4) is 0 Å². The van der Waals surface area contributed by atoms with E-state index < -0.39 is 43.4 Å². The van der Waals surface area contributed by atoms with Gasteiger partial charge in [-0.25, -0.2) is 9.48 Å². The molecule has 3 amide bonds. The van der Waals surface area contributed by atoms with Crippen LogP contribution in [-0.4, -0.2) is 81.3 Å². The first kappa shape index (κ1) is 43.0. The number of rotatable bonds is 12. The van der Waals surface area contributed by atoms with Crippen LogP contribution in [0.15, 0.2) is 79.1 Å². The SMILES string of the molecule is C[C@H](NP(=O)(Oc1ccccc1)[C@@H](F)c1ccc2sc(C(=O)N[C@H]3CCCC[C@H]4CC[C@@H](C(=O)N5C[C@@H](c6cccnc6)CC56CC6)N4C3=O)cc2c1)C(=O)OCC(C)(C)C. The molecule has 3 aliphatic heterocycles. The van der Waals surface area contributed by atoms with Crippen LogP contribution in [0.5, 0.6) is 5.75 Å². The van der Waals surface area contributed by atoms with E-state index in [0.29, 0.717) is 34.3 Å². The third kappa shape index (κ3) is 9.27. The molecular weight excluding hydrogens is 817 g/mol. The zero-order valence-corrected chi connectivity index (χ0v) is 36.9. The van der Waals surface area contributed by atoms with Gasteiger partial charge in [-0.3, -0.25) is 28.7 Å². The number of pyridine rings is 1. The van der Waals surface area contributed by atoms with E-state index in [4.69, 9.17) is 9.26 Å². The van der Waals surface area contributed by atoms with Gasteiger partial charge in [0.1, 0.15) is 23.9 Å². The summed E-state index contributed by atoms with van der Waals surface area (Å²) < 4.78 is 43.0. The van der Waals surface area contributed by atoms with Gasteiger partial charge in [0.25, 0.3) is 5.91 Å². The zero-order valence-electron chi connectivity index (χ0n) is 35.2. The lowest BCUT2D eigenvalue weighted by Gasteiger charge is -2.37. The highest BCUT2D eigenvalue weighted by molar-refractivity contribution is 7.57. The quantitative estimate of drug-likeness (QED) is 0.105. The molecule has 324 valence electrons. The van der Waals surface area contributed by atoms with Crippen molar-refractivity contribution >= 4 is 52.6 Å². The monoisotopic (exact) mass is 871 g/mol. The summed E-state index contributed by atoms with van der Waals surface area (Å²) in [6.45, 7) is 7.91. The smallest absolute Gasteiger partial charge is 0.355 e. The number of hydrogen-bond acceptors (Lipinski definition) is 9. The van der Waals surface area contributed by atoms with Crippen molar-refractivity contribution in [3.63, 3.8) is 0 Å². The molecule has 12 nitrogen and oxygen atoms in total. The number of halogens is 1. The summed E-state index contributed by atoms with van der Waals surface area (Å²) in [5.41, 5.74) is 0.703. The van der Waals surface area contributed by atoms with Gasteiger partial charge in [-0.15, -0.1) is 11.3 Å². The van der Waals surface area contributed by atoms with Crippen molar-refractivity contribution in [1.82, 2.24) is 25.2 Å². The highest BCUT2D eigenvalue weighted by Crippen LogP contribution is 2.58. The van der Waals surface area contributed by atoms with Crippen molar-refractivity contribution in [2.24, 2.45) is 5.41 Å². The second kappa shape index (κ2) is 17.3. The highest BCUT2D eigenvalue weighted by Gasteiger charge is 2.58. The number of para-hydroxylation sites is 1. The summed E-state index contributed by atoms with van der Waals surface area (Å²) in [6.07, 6.45) is 10.8. The van der Waals surface area contributed by atoms with Gasteiger partial charge in [0.15, 0.2) is 0 Å². The molecule has 15 heteroatoms. The average molecular weight is 872 g/mol. The lowest BCUT2D eigenvalue weighted by Crippen LogP contribution is -2.57. The summed E-state index contributed by atoms with van der Waals surface area (Å²) >= 11 is 1.20. The fraction of sp³-hybridized carbons (Fsp3) is 0.500. The van der Waals surface area contributed by atoms with Crippen LogP contribution in [0.2, 0.25) is 0 Å². The number of aromatic nitrogens is 1. The fourth-order valence-electron chi connectivity index (χ4n) is 9.18. The number of hydrogen-bond donors (Lipinski definition) is 2. The molecular formula is C46H55FN5O7PS. The van der Waals surface area contributed by atoms with Crippen molar-refractivity contribution in [3.8, 4) is 5.75 Å².